The molecule has 20 heavy (non-hydrogen) atoms. The van der Waals surface area contributed by atoms with Crippen molar-refractivity contribution in [2.24, 2.45) is 5.92 Å². The number of nitrogens with one attached hydrogen (secondary N) is 2. The smallest absolute Gasteiger partial charge is 0.271 e. The first-order chi connectivity index (χ1) is 9.76. The number of carbonyl (C=O) groups is 1. The number of aryl methyl sites for hydroxylation is 2. The lowest BCUT2D eigenvalue weighted by atomic mass is 9.99. The summed E-state index contributed by atoms with van der Waals surface area (Å²) >= 11 is 0. The lowest BCUT2D eigenvalue weighted by Crippen LogP contribution is -2.33. The maximum absolute atomic E-state index is 12.0. The molecule has 0 aromatic carbocycles. The molecule has 0 saturated heterocycles. The van der Waals surface area contributed by atoms with E-state index in [2.05, 4.69) is 25.1 Å². The van der Waals surface area contributed by atoms with Crippen molar-refractivity contribution in [3.8, 4) is 0 Å². The Morgan fingerprint density at radius 1 is 1.60 bits per heavy atom. The summed E-state index contributed by atoms with van der Waals surface area (Å²) < 4.78 is 2.17. The molecule has 2 aromatic heterocycles. The fourth-order valence-corrected chi connectivity index (χ4v) is 2.59. The monoisotopic (exact) mass is 273 g/mol. The van der Waals surface area contributed by atoms with E-state index in [9.17, 15) is 4.79 Å². The summed E-state index contributed by atoms with van der Waals surface area (Å²) in [5.74, 6) is 1.51. The average Bonchev–Trinajstić information content (AvgIpc) is 3.12. The number of hydrogen-bond donors (Lipinski definition) is 2. The highest BCUT2D eigenvalue weighted by Gasteiger charge is 2.20. The van der Waals surface area contributed by atoms with Crippen molar-refractivity contribution in [3.63, 3.8) is 0 Å². The van der Waals surface area contributed by atoms with Gasteiger partial charge in [0.05, 0.1) is 0 Å². The highest BCUT2D eigenvalue weighted by molar-refractivity contribution is 5.92. The van der Waals surface area contributed by atoms with E-state index in [-0.39, 0.29) is 5.91 Å². The predicted octanol–water partition coefficient (Wildman–Crippen LogP) is 1.16. The van der Waals surface area contributed by atoms with Crippen molar-refractivity contribution in [1.82, 2.24) is 25.1 Å². The maximum Gasteiger partial charge on any atom is 0.271 e. The van der Waals surface area contributed by atoms with Crippen LogP contribution in [0.3, 0.4) is 0 Å². The molecule has 0 saturated carbocycles. The van der Waals surface area contributed by atoms with Crippen LogP contribution in [0, 0.1) is 5.92 Å². The second kappa shape index (κ2) is 5.48. The molecule has 6 nitrogen and oxygen atoms in total. The van der Waals surface area contributed by atoms with Crippen LogP contribution in [0.1, 0.15) is 35.4 Å². The zero-order chi connectivity index (χ0) is 13.9. The van der Waals surface area contributed by atoms with Gasteiger partial charge in [0.2, 0.25) is 0 Å². The Labute approximate surface area is 117 Å². The van der Waals surface area contributed by atoms with Gasteiger partial charge in [-0.3, -0.25) is 9.89 Å². The standard InChI is InChI=1S/C14H19N5O/c1-2-11-7-12(18-17-11)14(20)16-8-10-3-4-13-15-5-6-19(13)9-10/h5-7,10H,2-4,8-9H2,1H3,(H,16,20)(H,17,18). The molecule has 0 spiro atoms. The van der Waals surface area contributed by atoms with Gasteiger partial charge in [0.25, 0.3) is 5.91 Å². The lowest BCUT2D eigenvalue weighted by molar-refractivity contribution is 0.0938. The summed E-state index contributed by atoms with van der Waals surface area (Å²) in [5, 5.41) is 9.86. The van der Waals surface area contributed by atoms with Crippen LogP contribution in [-0.2, 0) is 19.4 Å². The highest BCUT2D eigenvalue weighted by atomic mass is 16.1. The molecule has 1 aliphatic rings. The quantitative estimate of drug-likeness (QED) is 0.877. The number of fused-ring (bicyclic) bond motifs is 1. The summed E-state index contributed by atoms with van der Waals surface area (Å²) in [6, 6.07) is 1.81. The molecule has 0 aliphatic carbocycles. The van der Waals surface area contributed by atoms with E-state index in [0.29, 0.717) is 18.2 Å². The average molecular weight is 273 g/mol. The van der Waals surface area contributed by atoms with Gasteiger partial charge in [-0.15, -0.1) is 0 Å². The van der Waals surface area contributed by atoms with Crippen LogP contribution in [-0.4, -0.2) is 32.2 Å². The molecule has 1 aliphatic heterocycles. The van der Waals surface area contributed by atoms with Crippen molar-refractivity contribution in [1.29, 1.82) is 0 Å². The molecule has 2 aromatic rings. The molecule has 1 amide bonds. The van der Waals surface area contributed by atoms with Gasteiger partial charge >= 0.3 is 0 Å². The summed E-state index contributed by atoms with van der Waals surface area (Å²) in [6.07, 6.45) is 6.75. The summed E-state index contributed by atoms with van der Waals surface area (Å²) in [5.41, 5.74) is 1.46. The number of hydrogen-bond acceptors (Lipinski definition) is 3. The molecule has 0 fully saturated rings. The van der Waals surface area contributed by atoms with E-state index in [0.717, 1.165) is 37.3 Å². The highest BCUT2D eigenvalue weighted by Crippen LogP contribution is 2.18. The largest absolute Gasteiger partial charge is 0.350 e. The minimum atomic E-state index is -0.0996. The van der Waals surface area contributed by atoms with Crippen molar-refractivity contribution in [2.75, 3.05) is 6.54 Å². The molecule has 0 radical (unpaired) electrons. The Bertz CT molecular complexity index is 600. The number of carbonyl (C=O) groups excluding carboxylic acids is 1. The van der Waals surface area contributed by atoms with Crippen LogP contribution in [0.5, 0.6) is 0 Å². The van der Waals surface area contributed by atoms with E-state index < -0.39 is 0 Å². The third-order valence-electron chi connectivity index (χ3n) is 3.83. The van der Waals surface area contributed by atoms with Crippen molar-refractivity contribution in [2.45, 2.75) is 32.7 Å². The first-order valence-corrected chi connectivity index (χ1v) is 7.08. The van der Waals surface area contributed by atoms with Crippen LogP contribution < -0.4 is 5.32 Å². The summed E-state index contributed by atoms with van der Waals surface area (Å²) in [7, 11) is 0. The number of H-pyrrole nitrogens is 1. The minimum Gasteiger partial charge on any atom is -0.350 e. The van der Waals surface area contributed by atoms with Crippen molar-refractivity contribution >= 4 is 5.91 Å². The Morgan fingerprint density at radius 2 is 2.50 bits per heavy atom. The van der Waals surface area contributed by atoms with E-state index >= 15 is 0 Å². The van der Waals surface area contributed by atoms with Crippen LogP contribution in [0.25, 0.3) is 0 Å². The second-order valence-electron chi connectivity index (χ2n) is 5.24. The Hall–Kier alpha value is -2.11. The van der Waals surface area contributed by atoms with Gasteiger partial charge < -0.3 is 9.88 Å². The Balaban J connectivity index is 1.54. The van der Waals surface area contributed by atoms with Gasteiger partial charge in [-0.2, -0.15) is 5.10 Å². The molecular formula is C14H19N5O. The third kappa shape index (κ3) is 2.59. The van der Waals surface area contributed by atoms with Gasteiger partial charge in [0.1, 0.15) is 11.5 Å². The lowest BCUT2D eigenvalue weighted by Gasteiger charge is -2.23. The zero-order valence-corrected chi connectivity index (χ0v) is 11.6. The van der Waals surface area contributed by atoms with Crippen LogP contribution >= 0.6 is 0 Å². The molecule has 106 valence electrons. The predicted molar refractivity (Wildman–Crippen MR) is 74.3 cm³/mol. The fourth-order valence-electron chi connectivity index (χ4n) is 2.59. The first kappa shape index (κ1) is 12.9. The van der Waals surface area contributed by atoms with Crippen LogP contribution in [0.2, 0.25) is 0 Å². The number of rotatable bonds is 4. The topological polar surface area (TPSA) is 75.6 Å². The van der Waals surface area contributed by atoms with Gasteiger partial charge in [0.15, 0.2) is 0 Å². The first-order valence-electron chi connectivity index (χ1n) is 7.08. The number of nitrogens with zero attached hydrogens (tertiary/aromatic N) is 3. The number of aromatic amines is 1. The molecule has 2 N–H and O–H groups in total. The second-order valence-corrected chi connectivity index (χ2v) is 5.24. The molecule has 0 bridgehead atoms. The number of imidazole rings is 1. The minimum absolute atomic E-state index is 0.0996. The van der Waals surface area contributed by atoms with E-state index in [1.165, 1.54) is 0 Å². The normalized spacial score (nSPS) is 17.8. The molecule has 3 heterocycles. The fraction of sp³-hybridized carbons (Fsp3) is 0.500. The zero-order valence-electron chi connectivity index (χ0n) is 11.6. The van der Waals surface area contributed by atoms with Gasteiger partial charge in [0, 0.05) is 37.6 Å². The van der Waals surface area contributed by atoms with Gasteiger partial charge in [-0.05, 0) is 24.8 Å². The molecule has 1 atom stereocenters. The third-order valence-corrected chi connectivity index (χ3v) is 3.83. The van der Waals surface area contributed by atoms with E-state index in [1.807, 2.05) is 25.4 Å². The summed E-state index contributed by atoms with van der Waals surface area (Å²) in [6.45, 7) is 3.64. The Kier molecular flexibility index (Phi) is 3.54. The number of aromatic nitrogens is 4. The van der Waals surface area contributed by atoms with Crippen molar-refractivity contribution in [3.05, 3.63) is 35.7 Å². The molecule has 6 heteroatoms. The van der Waals surface area contributed by atoms with Gasteiger partial charge in [-0.25, -0.2) is 4.98 Å². The molecular weight excluding hydrogens is 254 g/mol. The maximum atomic E-state index is 12.0. The Morgan fingerprint density at radius 3 is 3.30 bits per heavy atom. The molecule has 1 unspecified atom stereocenters. The molecule has 3 rings (SSSR count). The number of amides is 1. The van der Waals surface area contributed by atoms with Gasteiger partial charge in [-0.1, -0.05) is 6.92 Å². The van der Waals surface area contributed by atoms with Crippen LogP contribution in [0.15, 0.2) is 18.5 Å². The van der Waals surface area contributed by atoms with Crippen LogP contribution in [0.4, 0.5) is 0 Å². The van der Waals surface area contributed by atoms with E-state index in [4.69, 9.17) is 0 Å². The van der Waals surface area contributed by atoms with E-state index in [1.54, 1.807) is 0 Å². The SMILES string of the molecule is CCc1cc(C(=O)NCC2CCc3nccn3C2)n[nH]1. The summed E-state index contributed by atoms with van der Waals surface area (Å²) in [4.78, 5) is 16.3. The van der Waals surface area contributed by atoms with Crippen molar-refractivity contribution < 1.29 is 4.79 Å².